The zero-order valence-electron chi connectivity index (χ0n) is 11.8. The fourth-order valence-electron chi connectivity index (χ4n) is 3.26. The van der Waals surface area contributed by atoms with Gasteiger partial charge in [0, 0.05) is 13.2 Å². The Morgan fingerprint density at radius 2 is 1.83 bits per heavy atom. The molecule has 18 heavy (non-hydrogen) atoms. The van der Waals surface area contributed by atoms with E-state index in [-0.39, 0.29) is 0 Å². The summed E-state index contributed by atoms with van der Waals surface area (Å²) in [6.45, 7) is 6.92. The summed E-state index contributed by atoms with van der Waals surface area (Å²) in [4.78, 5) is 2.49. The van der Waals surface area contributed by atoms with Crippen molar-refractivity contribution in [2.75, 3.05) is 32.8 Å². The summed E-state index contributed by atoms with van der Waals surface area (Å²) < 4.78 is 6.06. The molecule has 0 bridgehead atoms. The van der Waals surface area contributed by atoms with E-state index in [1.807, 2.05) is 0 Å². The smallest absolute Gasteiger partial charge is 0.0601 e. The summed E-state index contributed by atoms with van der Waals surface area (Å²) in [7, 11) is 0. The topological polar surface area (TPSA) is 32.7 Å². The highest BCUT2D eigenvalue weighted by atomic mass is 16.5. The third-order valence-corrected chi connectivity index (χ3v) is 4.74. The number of rotatable bonds is 5. The van der Waals surface area contributed by atoms with E-state index < -0.39 is 0 Å². The number of hydrogen-bond acceptors (Lipinski definition) is 3. The first kappa shape index (κ1) is 14.3. The van der Waals surface area contributed by atoms with Gasteiger partial charge in [-0.3, -0.25) is 0 Å². The highest BCUT2D eigenvalue weighted by molar-refractivity contribution is 4.74. The predicted octanol–water partition coefficient (Wildman–Crippen LogP) is 2.29. The van der Waals surface area contributed by atoms with Crippen molar-refractivity contribution in [2.45, 2.75) is 51.6 Å². The van der Waals surface area contributed by atoms with E-state index in [2.05, 4.69) is 11.8 Å². The molecule has 0 amide bonds. The number of hydrogen-bond donors (Lipinski definition) is 1. The van der Waals surface area contributed by atoms with Crippen molar-refractivity contribution in [1.29, 1.82) is 0 Å². The average Bonchev–Trinajstić information content (AvgIpc) is 2.42. The Labute approximate surface area is 112 Å². The molecule has 0 aromatic heterocycles. The van der Waals surface area contributed by atoms with Crippen LogP contribution >= 0.6 is 0 Å². The van der Waals surface area contributed by atoms with Crippen molar-refractivity contribution in [2.24, 2.45) is 11.8 Å². The summed E-state index contributed by atoms with van der Waals surface area (Å²) in [5.41, 5.74) is 0. The standard InChI is InChI=1S/C15H29NO2/c1-13-4-2-3-5-15(13)18-11-10-16-8-6-14(12-17)7-9-16/h13-15,17H,2-12H2,1H3/t13-,15-/m0/s1. The maximum absolute atomic E-state index is 9.11. The molecule has 106 valence electrons. The predicted molar refractivity (Wildman–Crippen MR) is 73.6 cm³/mol. The van der Waals surface area contributed by atoms with E-state index >= 15 is 0 Å². The van der Waals surface area contributed by atoms with E-state index in [4.69, 9.17) is 9.84 Å². The highest BCUT2D eigenvalue weighted by Crippen LogP contribution is 2.26. The zero-order valence-corrected chi connectivity index (χ0v) is 11.8. The van der Waals surface area contributed by atoms with Gasteiger partial charge in [-0.25, -0.2) is 0 Å². The molecule has 2 aliphatic rings. The number of aliphatic hydroxyl groups excluding tert-OH is 1. The summed E-state index contributed by atoms with van der Waals surface area (Å²) in [6, 6.07) is 0. The molecule has 3 heteroatoms. The minimum absolute atomic E-state index is 0.365. The molecule has 1 saturated heterocycles. The normalized spacial score (nSPS) is 31.7. The third-order valence-electron chi connectivity index (χ3n) is 4.74. The lowest BCUT2D eigenvalue weighted by Gasteiger charge is -2.33. The molecule has 0 radical (unpaired) electrons. The fraction of sp³-hybridized carbons (Fsp3) is 1.00. The number of likely N-dealkylation sites (tertiary alicyclic amines) is 1. The van der Waals surface area contributed by atoms with Crippen LogP contribution in [0.2, 0.25) is 0 Å². The second kappa shape index (κ2) is 7.46. The molecular weight excluding hydrogens is 226 g/mol. The van der Waals surface area contributed by atoms with Gasteiger partial charge in [-0.05, 0) is 50.6 Å². The van der Waals surface area contributed by atoms with Crippen molar-refractivity contribution in [3.63, 3.8) is 0 Å². The summed E-state index contributed by atoms with van der Waals surface area (Å²) in [6.07, 6.45) is 8.13. The number of ether oxygens (including phenoxy) is 1. The molecule has 0 aromatic rings. The molecular formula is C15H29NO2. The van der Waals surface area contributed by atoms with Crippen LogP contribution < -0.4 is 0 Å². The van der Waals surface area contributed by atoms with Gasteiger partial charge in [0.25, 0.3) is 0 Å². The molecule has 1 saturated carbocycles. The molecule has 2 fully saturated rings. The highest BCUT2D eigenvalue weighted by Gasteiger charge is 2.22. The van der Waals surface area contributed by atoms with Crippen molar-refractivity contribution in [3.05, 3.63) is 0 Å². The molecule has 0 aromatic carbocycles. The van der Waals surface area contributed by atoms with Crippen molar-refractivity contribution >= 4 is 0 Å². The Hall–Kier alpha value is -0.120. The summed E-state index contributed by atoms with van der Waals surface area (Å²) in [5.74, 6) is 1.29. The largest absolute Gasteiger partial charge is 0.396 e. The fourth-order valence-corrected chi connectivity index (χ4v) is 3.26. The van der Waals surface area contributed by atoms with Crippen LogP contribution in [0.15, 0.2) is 0 Å². The first-order valence-electron chi connectivity index (χ1n) is 7.74. The van der Waals surface area contributed by atoms with Gasteiger partial charge in [-0.15, -0.1) is 0 Å². The lowest BCUT2D eigenvalue weighted by atomic mass is 9.88. The number of aliphatic hydroxyl groups is 1. The molecule has 3 nitrogen and oxygen atoms in total. The van der Waals surface area contributed by atoms with Gasteiger partial charge in [0.2, 0.25) is 0 Å². The van der Waals surface area contributed by atoms with Crippen LogP contribution in [0.1, 0.15) is 45.4 Å². The SMILES string of the molecule is C[C@H]1CCCC[C@@H]1OCCN1CCC(CO)CC1. The van der Waals surface area contributed by atoms with E-state index in [0.717, 1.165) is 45.0 Å². The molecule has 1 heterocycles. The quantitative estimate of drug-likeness (QED) is 0.818. The maximum atomic E-state index is 9.11. The van der Waals surface area contributed by atoms with Crippen LogP contribution in [-0.2, 0) is 4.74 Å². The molecule has 2 rings (SSSR count). The van der Waals surface area contributed by atoms with Gasteiger partial charge in [0.1, 0.15) is 0 Å². The van der Waals surface area contributed by atoms with Crippen LogP contribution in [-0.4, -0.2) is 49.0 Å². The summed E-state index contributed by atoms with van der Waals surface area (Å²) >= 11 is 0. The van der Waals surface area contributed by atoms with Gasteiger partial charge >= 0.3 is 0 Å². The van der Waals surface area contributed by atoms with Crippen LogP contribution in [0.4, 0.5) is 0 Å². The van der Waals surface area contributed by atoms with Gasteiger partial charge in [0.05, 0.1) is 12.7 Å². The molecule has 1 aliphatic carbocycles. The summed E-state index contributed by atoms with van der Waals surface area (Å²) in [5, 5.41) is 9.11. The Morgan fingerprint density at radius 1 is 1.11 bits per heavy atom. The molecule has 2 atom stereocenters. The van der Waals surface area contributed by atoms with E-state index in [9.17, 15) is 0 Å². The lowest BCUT2D eigenvalue weighted by molar-refractivity contribution is -0.0173. The van der Waals surface area contributed by atoms with Crippen LogP contribution in [0.3, 0.4) is 0 Å². The second-order valence-corrected chi connectivity index (χ2v) is 6.14. The van der Waals surface area contributed by atoms with Gasteiger partial charge in [-0.1, -0.05) is 19.8 Å². The zero-order chi connectivity index (χ0) is 12.8. The van der Waals surface area contributed by atoms with Gasteiger partial charge in [0.15, 0.2) is 0 Å². The molecule has 0 unspecified atom stereocenters. The van der Waals surface area contributed by atoms with Crippen molar-refractivity contribution < 1.29 is 9.84 Å². The first-order chi connectivity index (χ1) is 8.79. The number of piperidine rings is 1. The second-order valence-electron chi connectivity index (χ2n) is 6.14. The third kappa shape index (κ3) is 4.22. The van der Waals surface area contributed by atoms with Crippen LogP contribution in [0, 0.1) is 11.8 Å². The van der Waals surface area contributed by atoms with Gasteiger partial charge in [-0.2, -0.15) is 0 Å². The van der Waals surface area contributed by atoms with E-state index in [0.29, 0.717) is 18.6 Å². The Morgan fingerprint density at radius 3 is 2.50 bits per heavy atom. The van der Waals surface area contributed by atoms with E-state index in [1.54, 1.807) is 0 Å². The first-order valence-corrected chi connectivity index (χ1v) is 7.74. The lowest BCUT2D eigenvalue weighted by Crippen LogP contribution is -2.38. The molecule has 1 aliphatic heterocycles. The van der Waals surface area contributed by atoms with E-state index in [1.165, 1.54) is 25.7 Å². The monoisotopic (exact) mass is 255 g/mol. The van der Waals surface area contributed by atoms with Gasteiger partial charge < -0.3 is 14.7 Å². The number of nitrogens with zero attached hydrogens (tertiary/aromatic N) is 1. The Balaban J connectivity index is 1.58. The van der Waals surface area contributed by atoms with Crippen molar-refractivity contribution in [3.8, 4) is 0 Å². The minimum atomic E-state index is 0.365. The Bertz CT molecular complexity index is 227. The Kier molecular flexibility index (Phi) is 5.93. The molecule has 0 spiro atoms. The minimum Gasteiger partial charge on any atom is -0.396 e. The van der Waals surface area contributed by atoms with Crippen LogP contribution in [0.25, 0.3) is 0 Å². The average molecular weight is 255 g/mol. The van der Waals surface area contributed by atoms with Crippen molar-refractivity contribution in [1.82, 2.24) is 4.90 Å². The van der Waals surface area contributed by atoms with Crippen LogP contribution in [0.5, 0.6) is 0 Å². The molecule has 1 N–H and O–H groups in total. The maximum Gasteiger partial charge on any atom is 0.0601 e.